The summed E-state index contributed by atoms with van der Waals surface area (Å²) in [4.78, 5) is 4.18. The fraction of sp³-hybridized carbons (Fsp3) is 0.235. The molecule has 3 N–H and O–H groups in total. The van der Waals surface area contributed by atoms with Crippen molar-refractivity contribution in [1.82, 2.24) is 0 Å². The highest BCUT2D eigenvalue weighted by Crippen LogP contribution is 2.27. The van der Waals surface area contributed by atoms with E-state index in [1.165, 1.54) is 19.2 Å². The van der Waals surface area contributed by atoms with E-state index in [1.54, 1.807) is 25.1 Å². The van der Waals surface area contributed by atoms with Crippen LogP contribution < -0.4 is 15.8 Å². The standard InChI is InChI=1S/C17H18ClF2N3O/c1-10(13-5-3-11(19)7-15(13)20)9-22-17(21)23-12-4-6-16(24-2)14(18)8-12/h3-8,10H,9H2,1-2H3,(H3,21,22,23). The summed E-state index contributed by atoms with van der Waals surface area (Å²) in [6, 6.07) is 8.60. The summed E-state index contributed by atoms with van der Waals surface area (Å²) in [7, 11) is 1.53. The van der Waals surface area contributed by atoms with Gasteiger partial charge in [0.2, 0.25) is 0 Å². The van der Waals surface area contributed by atoms with Crippen LogP contribution in [0.2, 0.25) is 5.02 Å². The number of benzene rings is 2. The van der Waals surface area contributed by atoms with Crippen molar-refractivity contribution in [2.75, 3.05) is 19.0 Å². The molecule has 2 rings (SSSR count). The van der Waals surface area contributed by atoms with Gasteiger partial charge in [-0.3, -0.25) is 4.99 Å². The molecule has 0 aromatic heterocycles. The Labute approximate surface area is 144 Å². The lowest BCUT2D eigenvalue weighted by Gasteiger charge is -2.12. The maximum atomic E-state index is 13.7. The summed E-state index contributed by atoms with van der Waals surface area (Å²) in [5, 5.41) is 3.34. The van der Waals surface area contributed by atoms with E-state index in [2.05, 4.69) is 10.3 Å². The van der Waals surface area contributed by atoms with E-state index in [-0.39, 0.29) is 18.4 Å². The van der Waals surface area contributed by atoms with Crippen LogP contribution in [0.3, 0.4) is 0 Å². The Kier molecular flexibility index (Phi) is 5.98. The Balaban J connectivity index is 2.01. The van der Waals surface area contributed by atoms with Gasteiger partial charge in [0.1, 0.15) is 17.4 Å². The van der Waals surface area contributed by atoms with Crippen LogP contribution in [0.1, 0.15) is 18.4 Å². The van der Waals surface area contributed by atoms with Crippen LogP contribution in [-0.4, -0.2) is 19.6 Å². The monoisotopic (exact) mass is 353 g/mol. The summed E-state index contributed by atoms with van der Waals surface area (Å²) in [6.07, 6.45) is 0. The van der Waals surface area contributed by atoms with Crippen LogP contribution in [0.25, 0.3) is 0 Å². The van der Waals surface area contributed by atoms with Gasteiger partial charge < -0.3 is 15.8 Å². The highest BCUT2D eigenvalue weighted by Gasteiger charge is 2.11. The molecule has 0 radical (unpaired) electrons. The van der Waals surface area contributed by atoms with Gasteiger partial charge >= 0.3 is 0 Å². The van der Waals surface area contributed by atoms with Crippen LogP contribution >= 0.6 is 11.6 Å². The van der Waals surface area contributed by atoms with Crippen molar-refractivity contribution >= 4 is 23.2 Å². The Morgan fingerprint density at radius 1 is 1.29 bits per heavy atom. The van der Waals surface area contributed by atoms with Crippen molar-refractivity contribution in [1.29, 1.82) is 0 Å². The number of nitrogens with zero attached hydrogens (tertiary/aromatic N) is 1. The van der Waals surface area contributed by atoms with Gasteiger partial charge in [0.15, 0.2) is 5.96 Å². The fourth-order valence-electron chi connectivity index (χ4n) is 2.17. The highest BCUT2D eigenvalue weighted by molar-refractivity contribution is 6.32. The molecule has 4 nitrogen and oxygen atoms in total. The van der Waals surface area contributed by atoms with E-state index in [0.717, 1.165) is 6.07 Å². The second-order valence-electron chi connectivity index (χ2n) is 5.27. The summed E-state index contributed by atoms with van der Waals surface area (Å²) in [5.74, 6) is -0.718. The predicted molar refractivity (Wildman–Crippen MR) is 92.9 cm³/mol. The molecular formula is C17H18ClF2N3O. The van der Waals surface area contributed by atoms with Crippen LogP contribution in [-0.2, 0) is 0 Å². The second kappa shape index (κ2) is 7.97. The van der Waals surface area contributed by atoms with E-state index < -0.39 is 11.6 Å². The maximum absolute atomic E-state index is 13.7. The molecule has 0 spiro atoms. The van der Waals surface area contributed by atoms with Crippen molar-refractivity contribution in [3.05, 3.63) is 58.6 Å². The first-order chi connectivity index (χ1) is 11.4. The zero-order valence-corrected chi connectivity index (χ0v) is 14.1. The lowest BCUT2D eigenvalue weighted by atomic mass is 10.0. The molecular weight excluding hydrogens is 336 g/mol. The lowest BCUT2D eigenvalue weighted by molar-refractivity contribution is 0.415. The Morgan fingerprint density at radius 2 is 2.04 bits per heavy atom. The number of nitrogens with two attached hydrogens (primary N) is 1. The SMILES string of the molecule is COc1ccc(NC(N)=NCC(C)c2ccc(F)cc2F)cc1Cl. The number of anilines is 1. The van der Waals surface area contributed by atoms with Gasteiger partial charge in [-0.05, 0) is 29.8 Å². The first-order valence-corrected chi connectivity index (χ1v) is 7.64. The highest BCUT2D eigenvalue weighted by atomic mass is 35.5. The number of rotatable bonds is 5. The van der Waals surface area contributed by atoms with Gasteiger partial charge in [0, 0.05) is 24.2 Å². The van der Waals surface area contributed by atoms with Gasteiger partial charge in [-0.15, -0.1) is 0 Å². The first-order valence-electron chi connectivity index (χ1n) is 7.26. The molecule has 0 saturated carbocycles. The number of nitrogens with one attached hydrogen (secondary N) is 1. The number of ether oxygens (including phenoxy) is 1. The minimum absolute atomic E-state index is 0.172. The molecule has 0 aliphatic rings. The molecule has 0 bridgehead atoms. The molecule has 0 fully saturated rings. The van der Waals surface area contributed by atoms with E-state index in [9.17, 15) is 8.78 Å². The normalized spacial score (nSPS) is 12.8. The van der Waals surface area contributed by atoms with Gasteiger partial charge in [0.25, 0.3) is 0 Å². The third-order valence-corrected chi connectivity index (χ3v) is 3.75. The molecule has 0 aliphatic carbocycles. The minimum Gasteiger partial charge on any atom is -0.495 e. The van der Waals surface area contributed by atoms with Crippen molar-refractivity contribution in [2.45, 2.75) is 12.8 Å². The van der Waals surface area contributed by atoms with Crippen molar-refractivity contribution in [3.63, 3.8) is 0 Å². The molecule has 1 atom stereocenters. The Hall–Kier alpha value is -2.34. The largest absolute Gasteiger partial charge is 0.495 e. The number of hydrogen-bond donors (Lipinski definition) is 2. The molecule has 0 heterocycles. The van der Waals surface area contributed by atoms with Gasteiger partial charge in [-0.1, -0.05) is 24.6 Å². The third kappa shape index (κ3) is 4.58. The lowest BCUT2D eigenvalue weighted by Crippen LogP contribution is -2.23. The van der Waals surface area contributed by atoms with Crippen molar-refractivity contribution in [3.8, 4) is 5.75 Å². The Morgan fingerprint density at radius 3 is 2.67 bits per heavy atom. The first kappa shape index (κ1) is 18.0. The second-order valence-corrected chi connectivity index (χ2v) is 5.67. The summed E-state index contributed by atoms with van der Waals surface area (Å²) >= 11 is 6.03. The topological polar surface area (TPSA) is 59.6 Å². The maximum Gasteiger partial charge on any atom is 0.193 e. The summed E-state index contributed by atoms with van der Waals surface area (Å²) in [5.41, 5.74) is 6.87. The zero-order valence-electron chi connectivity index (χ0n) is 13.3. The molecule has 24 heavy (non-hydrogen) atoms. The molecule has 0 amide bonds. The third-order valence-electron chi connectivity index (χ3n) is 3.45. The van der Waals surface area contributed by atoms with Crippen molar-refractivity contribution in [2.24, 2.45) is 10.7 Å². The van der Waals surface area contributed by atoms with Crippen LogP contribution in [0.15, 0.2) is 41.4 Å². The zero-order chi connectivity index (χ0) is 17.7. The van der Waals surface area contributed by atoms with E-state index >= 15 is 0 Å². The number of guanidine groups is 1. The van der Waals surface area contributed by atoms with Gasteiger partial charge in [-0.2, -0.15) is 0 Å². The van der Waals surface area contributed by atoms with E-state index in [0.29, 0.717) is 22.0 Å². The molecule has 2 aromatic carbocycles. The smallest absolute Gasteiger partial charge is 0.193 e. The van der Waals surface area contributed by atoms with E-state index in [1.807, 2.05) is 0 Å². The van der Waals surface area contributed by atoms with Gasteiger partial charge in [0.05, 0.1) is 12.1 Å². The molecule has 2 aromatic rings. The predicted octanol–water partition coefficient (Wildman–Crippen LogP) is 4.16. The number of methoxy groups -OCH3 is 1. The number of halogens is 3. The summed E-state index contributed by atoms with van der Waals surface area (Å²) < 4.78 is 31.7. The molecule has 128 valence electrons. The van der Waals surface area contributed by atoms with Crippen LogP contribution in [0.4, 0.5) is 14.5 Å². The average molecular weight is 354 g/mol. The molecule has 0 aliphatic heterocycles. The quantitative estimate of drug-likeness (QED) is 0.627. The van der Waals surface area contributed by atoms with Gasteiger partial charge in [-0.25, -0.2) is 8.78 Å². The summed E-state index contributed by atoms with van der Waals surface area (Å²) in [6.45, 7) is 2.04. The Bertz CT molecular complexity index is 753. The fourth-order valence-corrected chi connectivity index (χ4v) is 2.42. The van der Waals surface area contributed by atoms with Crippen LogP contribution in [0, 0.1) is 11.6 Å². The molecule has 0 saturated heterocycles. The molecule has 7 heteroatoms. The number of aliphatic imine (C=N–C) groups is 1. The van der Waals surface area contributed by atoms with Crippen LogP contribution in [0.5, 0.6) is 5.75 Å². The molecule has 1 unspecified atom stereocenters. The average Bonchev–Trinajstić information content (AvgIpc) is 2.53. The van der Waals surface area contributed by atoms with E-state index in [4.69, 9.17) is 22.1 Å². The minimum atomic E-state index is -0.607. The van der Waals surface area contributed by atoms with Crippen molar-refractivity contribution < 1.29 is 13.5 Å². The number of hydrogen-bond acceptors (Lipinski definition) is 2.